The number of imidazole rings is 1. The molecule has 3 aromatic carbocycles. The molecule has 2 N–H and O–H groups in total. The zero-order valence-corrected chi connectivity index (χ0v) is 27.1. The molecule has 40 heavy (non-hydrogen) atoms. The third-order valence-corrected chi connectivity index (χ3v) is 7.62. The van der Waals surface area contributed by atoms with Crippen molar-refractivity contribution in [1.29, 1.82) is 0 Å². The second-order valence-electron chi connectivity index (χ2n) is 8.56. The molecule has 0 saturated heterocycles. The molecule has 0 radical (unpaired) electrons. The van der Waals surface area contributed by atoms with E-state index in [0.29, 0.717) is 47.7 Å². The number of aliphatic carboxylic acids is 1. The number of para-hydroxylation sites is 2. The molecule has 0 fully saturated rings. The minimum Gasteiger partial charge on any atom is -0.744 e. The van der Waals surface area contributed by atoms with Crippen molar-refractivity contribution in [2.24, 2.45) is 0 Å². The molecule has 5 aromatic rings. The average molecular weight is 604 g/mol. The predicted molar refractivity (Wildman–Crippen MR) is 136 cm³/mol. The SMILES string of the molecule is O=C(O)CCCCCNc1c(S(=O)(=O)[O-])cc2c3c1cc(SOO[O-])cc3c(=O)n1c3ccccc3nc21.[Na+].[Na+]. The first kappa shape index (κ1) is 33.0. The molecule has 0 saturated carbocycles. The van der Waals surface area contributed by atoms with Crippen LogP contribution in [0.5, 0.6) is 0 Å². The Morgan fingerprint density at radius 1 is 1.07 bits per heavy atom. The van der Waals surface area contributed by atoms with E-state index in [1.165, 1.54) is 22.6 Å². The zero-order valence-electron chi connectivity index (χ0n) is 21.5. The summed E-state index contributed by atoms with van der Waals surface area (Å²) in [6.07, 6.45) is 1.49. The van der Waals surface area contributed by atoms with Crippen molar-refractivity contribution in [3.63, 3.8) is 0 Å². The summed E-state index contributed by atoms with van der Waals surface area (Å²) < 4.78 is 43.1. The Labute approximate surface area is 275 Å². The minimum absolute atomic E-state index is 0. The number of aromatic nitrogens is 2. The fourth-order valence-electron chi connectivity index (χ4n) is 4.66. The molecule has 12 nitrogen and oxygen atoms in total. The van der Waals surface area contributed by atoms with Gasteiger partial charge in [0.25, 0.3) is 5.56 Å². The van der Waals surface area contributed by atoms with Crippen LogP contribution in [-0.4, -0.2) is 40.0 Å². The monoisotopic (exact) mass is 603 g/mol. The maximum atomic E-state index is 13.7. The molecule has 198 valence electrons. The van der Waals surface area contributed by atoms with Crippen LogP contribution in [0.3, 0.4) is 0 Å². The Morgan fingerprint density at radius 3 is 2.50 bits per heavy atom. The van der Waals surface area contributed by atoms with Gasteiger partial charge in [-0.1, -0.05) is 18.6 Å². The molecule has 2 heterocycles. The molecule has 0 unspecified atom stereocenters. The van der Waals surface area contributed by atoms with E-state index in [1.807, 2.05) is 0 Å². The number of rotatable bonds is 11. The minimum atomic E-state index is -5.01. The summed E-state index contributed by atoms with van der Waals surface area (Å²) in [5.74, 6) is -0.911. The molecule has 16 heteroatoms. The van der Waals surface area contributed by atoms with E-state index in [9.17, 15) is 27.8 Å². The third kappa shape index (κ3) is 6.43. The Hall–Kier alpha value is -1.53. The van der Waals surface area contributed by atoms with Gasteiger partial charge in [-0.15, -0.1) is 0 Å². The Balaban J connectivity index is 0.00000220. The Kier molecular flexibility index (Phi) is 11.2. The van der Waals surface area contributed by atoms with Gasteiger partial charge in [-0.2, -0.15) is 4.33 Å². The number of carbonyl (C=O) groups is 1. The van der Waals surface area contributed by atoms with Crippen molar-refractivity contribution in [2.75, 3.05) is 11.9 Å². The topological polar surface area (TPSA) is 182 Å². The zero-order chi connectivity index (χ0) is 27.0. The predicted octanol–water partition coefficient (Wildman–Crippen LogP) is -3.21. The van der Waals surface area contributed by atoms with Crippen molar-refractivity contribution in [3.8, 4) is 0 Å². The Morgan fingerprint density at radius 2 is 1.80 bits per heavy atom. The molecule has 2 aromatic heterocycles. The van der Waals surface area contributed by atoms with Gasteiger partial charge in [0.15, 0.2) is 0 Å². The van der Waals surface area contributed by atoms with Crippen LogP contribution in [0.1, 0.15) is 25.7 Å². The molecule has 0 amide bonds. The number of carboxylic acid groups (broad SMARTS) is 1. The fraction of sp³-hybridized carbons (Fsp3) is 0.208. The molecule has 0 aliphatic carbocycles. The molecular formula is C24H19N3Na2O9S2. The number of unbranched alkanes of at least 4 members (excludes halogenated alkanes) is 2. The normalized spacial score (nSPS) is 11.7. The van der Waals surface area contributed by atoms with Gasteiger partial charge in [-0.3, -0.25) is 19.0 Å². The van der Waals surface area contributed by atoms with Crippen LogP contribution in [0.4, 0.5) is 5.69 Å². The number of pyridine rings is 1. The number of nitrogens with zero attached hydrogens (tertiary/aromatic N) is 2. The summed E-state index contributed by atoms with van der Waals surface area (Å²) in [4.78, 5) is 28.7. The van der Waals surface area contributed by atoms with Crippen LogP contribution < -0.4 is 75.2 Å². The smallest absolute Gasteiger partial charge is 0.744 e. The van der Waals surface area contributed by atoms with Crippen LogP contribution >= 0.6 is 12.0 Å². The summed E-state index contributed by atoms with van der Waals surface area (Å²) in [5, 5.41) is 26.8. The van der Waals surface area contributed by atoms with E-state index < -0.39 is 26.5 Å². The summed E-state index contributed by atoms with van der Waals surface area (Å²) in [6.45, 7) is 0.232. The first-order valence-corrected chi connectivity index (χ1v) is 13.6. The molecule has 5 rings (SSSR count). The van der Waals surface area contributed by atoms with Crippen LogP contribution in [0.25, 0.3) is 38.2 Å². The molecule has 0 spiro atoms. The van der Waals surface area contributed by atoms with Crippen molar-refractivity contribution < 1.29 is 96.6 Å². The first-order chi connectivity index (χ1) is 18.2. The quantitative estimate of drug-likeness (QED) is 0.0386. The molecule has 0 aliphatic rings. The average Bonchev–Trinajstić information content (AvgIpc) is 3.27. The number of anilines is 1. The van der Waals surface area contributed by atoms with Gasteiger partial charge in [-0.05, 0) is 43.2 Å². The van der Waals surface area contributed by atoms with E-state index in [4.69, 9.17) is 5.11 Å². The van der Waals surface area contributed by atoms with E-state index in [0.717, 1.165) is 0 Å². The molecule has 0 atom stereocenters. The van der Waals surface area contributed by atoms with Crippen molar-refractivity contribution in [2.45, 2.75) is 35.5 Å². The first-order valence-electron chi connectivity index (χ1n) is 11.4. The molecule has 0 aliphatic heterocycles. The number of fused-ring (bicyclic) bond motifs is 4. The van der Waals surface area contributed by atoms with Gasteiger partial charge in [0, 0.05) is 34.0 Å². The number of benzene rings is 3. The molecule has 0 bridgehead atoms. The summed E-state index contributed by atoms with van der Waals surface area (Å²) in [6, 6.07) is 11.1. The Bertz CT molecular complexity index is 1870. The summed E-state index contributed by atoms with van der Waals surface area (Å²) in [7, 11) is -5.01. The van der Waals surface area contributed by atoms with Gasteiger partial charge in [0.1, 0.15) is 15.8 Å². The standard InChI is InChI=1S/C24H21N3O9S2.2Na/c28-20(29)8-2-1-5-9-25-22-14-10-13(37-36-35-31)11-16-21(14)15(12-19(22)38(32,33)34)23-26-17-6-3-4-7-18(17)27(23)24(16)30;;/h3-4,6-7,10-12,25,31H,1-2,5,8-9H2,(H,28,29)(H,32,33,34);;/q;2*+1/p-2. The van der Waals surface area contributed by atoms with Gasteiger partial charge in [0.05, 0.1) is 39.0 Å². The fourth-order valence-corrected chi connectivity index (χ4v) is 5.79. The van der Waals surface area contributed by atoms with E-state index >= 15 is 0 Å². The van der Waals surface area contributed by atoms with Crippen LogP contribution in [0.2, 0.25) is 0 Å². The van der Waals surface area contributed by atoms with Crippen LogP contribution in [-0.2, 0) is 24.3 Å². The van der Waals surface area contributed by atoms with Crippen LogP contribution in [0, 0.1) is 0 Å². The maximum Gasteiger partial charge on any atom is 1.00 e. The van der Waals surface area contributed by atoms with E-state index in [-0.39, 0.29) is 104 Å². The largest absolute Gasteiger partial charge is 1.00 e. The number of hydrogen-bond donors (Lipinski definition) is 2. The van der Waals surface area contributed by atoms with Gasteiger partial charge in [-0.25, -0.2) is 13.4 Å². The number of nitrogens with one attached hydrogen (secondary N) is 1. The van der Waals surface area contributed by atoms with Gasteiger partial charge >= 0.3 is 65.1 Å². The van der Waals surface area contributed by atoms with Gasteiger partial charge < -0.3 is 20.2 Å². The number of carboxylic acids is 1. The van der Waals surface area contributed by atoms with Crippen molar-refractivity contribution in [1.82, 2.24) is 9.38 Å². The molecular weight excluding hydrogens is 584 g/mol. The van der Waals surface area contributed by atoms with Gasteiger partial charge in [0.2, 0.25) is 0 Å². The maximum absolute atomic E-state index is 13.7. The second-order valence-corrected chi connectivity index (χ2v) is 10.7. The summed E-state index contributed by atoms with van der Waals surface area (Å²) in [5.41, 5.74) is 0.747. The van der Waals surface area contributed by atoms with E-state index in [2.05, 4.69) is 19.7 Å². The van der Waals surface area contributed by atoms with Crippen LogP contribution in [0.15, 0.2) is 57.1 Å². The van der Waals surface area contributed by atoms with E-state index in [1.54, 1.807) is 24.3 Å². The second kappa shape index (κ2) is 13.6. The third-order valence-electron chi connectivity index (χ3n) is 6.20. The summed E-state index contributed by atoms with van der Waals surface area (Å²) >= 11 is 0.521. The van der Waals surface area contributed by atoms with Crippen molar-refractivity contribution >= 4 is 72.0 Å². The van der Waals surface area contributed by atoms with Crippen molar-refractivity contribution in [3.05, 3.63) is 52.8 Å². The number of hydrogen-bond acceptors (Lipinski definition) is 11.